The topological polar surface area (TPSA) is 46.3 Å². The molecule has 0 aliphatic heterocycles. The smallest absolute Gasteiger partial charge is 0.224 e. The summed E-state index contributed by atoms with van der Waals surface area (Å²) in [6.45, 7) is 7.33. The molecule has 0 aromatic heterocycles. The lowest BCUT2D eigenvalue weighted by molar-refractivity contribution is -0.125. The molecule has 16 heavy (non-hydrogen) atoms. The van der Waals surface area contributed by atoms with Crippen molar-refractivity contribution in [1.82, 2.24) is 0 Å². The molecule has 0 saturated carbocycles. The summed E-state index contributed by atoms with van der Waals surface area (Å²) in [5, 5.41) is 0. The highest BCUT2D eigenvalue weighted by Crippen LogP contribution is 2.21. The quantitative estimate of drug-likeness (QED) is 0.825. The van der Waals surface area contributed by atoms with Gasteiger partial charge in [-0.1, -0.05) is 18.2 Å². The summed E-state index contributed by atoms with van der Waals surface area (Å²) in [5.41, 5.74) is 6.00. The van der Waals surface area contributed by atoms with Gasteiger partial charge in [-0.2, -0.15) is 0 Å². The van der Waals surface area contributed by atoms with E-state index in [4.69, 9.17) is 5.73 Å². The molecule has 1 amide bonds. The zero-order valence-electron chi connectivity index (χ0n) is 10.2. The second-order valence-corrected chi connectivity index (χ2v) is 4.60. The molecule has 1 aromatic rings. The molecule has 0 radical (unpaired) electrons. The van der Waals surface area contributed by atoms with Crippen molar-refractivity contribution in [2.45, 2.75) is 20.8 Å². The van der Waals surface area contributed by atoms with Crippen molar-refractivity contribution in [1.29, 1.82) is 0 Å². The van der Waals surface area contributed by atoms with E-state index in [1.807, 2.05) is 44.2 Å². The largest absolute Gasteiger partial charge is 0.371 e. The summed E-state index contributed by atoms with van der Waals surface area (Å²) >= 11 is 0. The standard InChI is InChI=1S/C13H20N2O/c1-4-15(10-13(2,3)12(14)16)11-8-6-5-7-9-11/h5-9H,4,10H2,1-3H3,(H2,14,16). The van der Waals surface area contributed by atoms with E-state index in [1.165, 1.54) is 0 Å². The van der Waals surface area contributed by atoms with Gasteiger partial charge in [-0.15, -0.1) is 0 Å². The fourth-order valence-corrected chi connectivity index (χ4v) is 1.58. The summed E-state index contributed by atoms with van der Waals surface area (Å²) in [6, 6.07) is 10.1. The highest BCUT2D eigenvalue weighted by molar-refractivity contribution is 5.80. The minimum Gasteiger partial charge on any atom is -0.371 e. The molecular weight excluding hydrogens is 200 g/mol. The molecule has 0 unspecified atom stereocenters. The number of anilines is 1. The number of hydrogen-bond donors (Lipinski definition) is 1. The van der Waals surface area contributed by atoms with Gasteiger partial charge in [0.1, 0.15) is 0 Å². The summed E-state index contributed by atoms with van der Waals surface area (Å²) in [4.78, 5) is 13.5. The number of para-hydroxylation sites is 1. The Hall–Kier alpha value is -1.51. The van der Waals surface area contributed by atoms with E-state index in [1.54, 1.807) is 0 Å². The molecule has 0 aliphatic carbocycles. The maximum atomic E-state index is 11.3. The van der Waals surface area contributed by atoms with Gasteiger partial charge in [0.2, 0.25) is 5.91 Å². The predicted molar refractivity (Wildman–Crippen MR) is 67.3 cm³/mol. The van der Waals surface area contributed by atoms with Gasteiger partial charge in [-0.3, -0.25) is 4.79 Å². The fraction of sp³-hybridized carbons (Fsp3) is 0.462. The molecule has 1 aromatic carbocycles. The lowest BCUT2D eigenvalue weighted by Gasteiger charge is -2.31. The van der Waals surface area contributed by atoms with E-state index >= 15 is 0 Å². The van der Waals surface area contributed by atoms with Crippen molar-refractivity contribution in [3.63, 3.8) is 0 Å². The molecule has 3 heteroatoms. The van der Waals surface area contributed by atoms with Crippen LogP contribution in [0, 0.1) is 5.41 Å². The molecule has 0 aliphatic rings. The average molecular weight is 220 g/mol. The van der Waals surface area contributed by atoms with Gasteiger partial charge in [-0.25, -0.2) is 0 Å². The van der Waals surface area contributed by atoms with Gasteiger partial charge in [0.25, 0.3) is 0 Å². The molecule has 88 valence electrons. The fourth-order valence-electron chi connectivity index (χ4n) is 1.58. The van der Waals surface area contributed by atoms with Crippen LogP contribution in [-0.4, -0.2) is 19.0 Å². The second kappa shape index (κ2) is 5.01. The van der Waals surface area contributed by atoms with Crippen LogP contribution in [0.15, 0.2) is 30.3 Å². The van der Waals surface area contributed by atoms with Gasteiger partial charge in [0.05, 0.1) is 5.41 Å². The number of carbonyl (C=O) groups excluding carboxylic acids is 1. The maximum Gasteiger partial charge on any atom is 0.224 e. The molecule has 0 saturated heterocycles. The van der Waals surface area contributed by atoms with Crippen molar-refractivity contribution in [3.8, 4) is 0 Å². The third-order valence-electron chi connectivity index (χ3n) is 2.76. The minimum absolute atomic E-state index is 0.262. The molecule has 3 nitrogen and oxygen atoms in total. The Morgan fingerprint density at radius 2 is 1.88 bits per heavy atom. The van der Waals surface area contributed by atoms with Crippen molar-refractivity contribution in [2.24, 2.45) is 11.1 Å². The van der Waals surface area contributed by atoms with E-state index in [9.17, 15) is 4.79 Å². The monoisotopic (exact) mass is 220 g/mol. The number of rotatable bonds is 5. The molecule has 2 N–H and O–H groups in total. The first-order chi connectivity index (χ1) is 7.47. The van der Waals surface area contributed by atoms with Gasteiger partial charge < -0.3 is 10.6 Å². The SMILES string of the molecule is CCN(CC(C)(C)C(N)=O)c1ccccc1. The van der Waals surface area contributed by atoms with E-state index < -0.39 is 5.41 Å². The Bertz CT molecular complexity index is 346. The van der Waals surface area contributed by atoms with Crippen LogP contribution >= 0.6 is 0 Å². The van der Waals surface area contributed by atoms with Gasteiger partial charge in [0, 0.05) is 18.8 Å². The van der Waals surface area contributed by atoms with E-state index in [0.29, 0.717) is 6.54 Å². The van der Waals surface area contributed by atoms with Gasteiger partial charge in [-0.05, 0) is 32.9 Å². The van der Waals surface area contributed by atoms with Crippen molar-refractivity contribution in [3.05, 3.63) is 30.3 Å². The Morgan fingerprint density at radius 1 is 1.31 bits per heavy atom. The lowest BCUT2D eigenvalue weighted by Crippen LogP contribution is -2.42. The van der Waals surface area contributed by atoms with Crippen molar-refractivity contribution < 1.29 is 4.79 Å². The van der Waals surface area contributed by atoms with Crippen LogP contribution in [0.3, 0.4) is 0 Å². The van der Waals surface area contributed by atoms with Crippen LogP contribution < -0.4 is 10.6 Å². The van der Waals surface area contributed by atoms with Crippen molar-refractivity contribution in [2.75, 3.05) is 18.0 Å². The predicted octanol–water partition coefficient (Wildman–Crippen LogP) is 2.02. The van der Waals surface area contributed by atoms with Crippen LogP contribution in [0.4, 0.5) is 5.69 Å². The zero-order valence-corrected chi connectivity index (χ0v) is 10.2. The number of amides is 1. The number of benzene rings is 1. The van der Waals surface area contributed by atoms with Crippen LogP contribution in [0.2, 0.25) is 0 Å². The number of carbonyl (C=O) groups is 1. The van der Waals surface area contributed by atoms with Crippen LogP contribution in [0.25, 0.3) is 0 Å². The van der Waals surface area contributed by atoms with E-state index in [2.05, 4.69) is 11.8 Å². The first kappa shape index (κ1) is 12.6. The van der Waals surface area contributed by atoms with Crippen LogP contribution in [0.5, 0.6) is 0 Å². The van der Waals surface area contributed by atoms with E-state index in [0.717, 1.165) is 12.2 Å². The number of nitrogens with zero attached hydrogens (tertiary/aromatic N) is 1. The summed E-state index contributed by atoms with van der Waals surface area (Å²) in [6.07, 6.45) is 0. The lowest BCUT2D eigenvalue weighted by atomic mass is 9.92. The minimum atomic E-state index is -0.508. The highest BCUT2D eigenvalue weighted by Gasteiger charge is 2.27. The van der Waals surface area contributed by atoms with E-state index in [-0.39, 0.29) is 5.91 Å². The summed E-state index contributed by atoms with van der Waals surface area (Å²) in [7, 11) is 0. The summed E-state index contributed by atoms with van der Waals surface area (Å²) in [5.74, 6) is -0.262. The molecule has 0 heterocycles. The normalized spacial score (nSPS) is 11.2. The van der Waals surface area contributed by atoms with Crippen molar-refractivity contribution >= 4 is 11.6 Å². The first-order valence-electron chi connectivity index (χ1n) is 5.57. The average Bonchev–Trinajstić information content (AvgIpc) is 2.27. The molecule has 0 atom stereocenters. The third kappa shape index (κ3) is 2.99. The summed E-state index contributed by atoms with van der Waals surface area (Å²) < 4.78 is 0. The second-order valence-electron chi connectivity index (χ2n) is 4.60. The molecule has 0 bridgehead atoms. The zero-order chi connectivity index (χ0) is 12.2. The molecule has 1 rings (SSSR count). The van der Waals surface area contributed by atoms with Gasteiger partial charge >= 0.3 is 0 Å². The Morgan fingerprint density at radius 3 is 2.31 bits per heavy atom. The number of nitrogens with two attached hydrogens (primary N) is 1. The van der Waals surface area contributed by atoms with Gasteiger partial charge in [0.15, 0.2) is 0 Å². The number of primary amides is 1. The third-order valence-corrected chi connectivity index (χ3v) is 2.76. The number of hydrogen-bond acceptors (Lipinski definition) is 2. The maximum absolute atomic E-state index is 11.3. The Kier molecular flexibility index (Phi) is 3.93. The molecule has 0 spiro atoms. The van der Waals surface area contributed by atoms with Crippen LogP contribution in [0.1, 0.15) is 20.8 Å². The Labute approximate surface area is 97.2 Å². The highest BCUT2D eigenvalue weighted by atomic mass is 16.1. The molecule has 0 fully saturated rings. The Balaban J connectivity index is 2.81. The van der Waals surface area contributed by atoms with Crippen LogP contribution in [-0.2, 0) is 4.79 Å². The molecular formula is C13H20N2O. The first-order valence-corrected chi connectivity index (χ1v) is 5.57.